The van der Waals surface area contributed by atoms with Gasteiger partial charge in [-0.05, 0) is 26.0 Å². The van der Waals surface area contributed by atoms with Crippen LogP contribution in [0.3, 0.4) is 0 Å². The summed E-state index contributed by atoms with van der Waals surface area (Å²) >= 11 is 1.92. The van der Waals surface area contributed by atoms with Gasteiger partial charge in [0.15, 0.2) is 0 Å². The van der Waals surface area contributed by atoms with Gasteiger partial charge in [0.25, 0.3) is 0 Å². The molecule has 102 valence electrons. The highest BCUT2D eigenvalue weighted by Gasteiger charge is 2.12. The van der Waals surface area contributed by atoms with Gasteiger partial charge in [0.1, 0.15) is 5.75 Å². The Labute approximate surface area is 115 Å². The molecule has 0 saturated carbocycles. The highest BCUT2D eigenvalue weighted by molar-refractivity contribution is 7.99. The third-order valence-corrected chi connectivity index (χ3v) is 4.25. The maximum Gasteiger partial charge on any atom is 0.128 e. The Hall–Kier alpha value is -0.740. The number of hydrogen-bond acceptors (Lipinski definition) is 4. The van der Waals surface area contributed by atoms with Gasteiger partial charge < -0.3 is 10.5 Å². The fourth-order valence-corrected chi connectivity index (χ4v) is 2.84. The molecule has 0 fully saturated rings. The molecule has 0 aliphatic heterocycles. The van der Waals surface area contributed by atoms with Crippen molar-refractivity contribution in [2.75, 3.05) is 18.6 Å². The number of nitrogens with two attached hydrogens (primary N) is 1. The Balaban J connectivity index is 2.67. The van der Waals surface area contributed by atoms with Crippen LogP contribution in [0.4, 0.5) is 0 Å². The summed E-state index contributed by atoms with van der Waals surface area (Å²) < 4.78 is 5.41. The molecular formula is C14H24N2OS. The van der Waals surface area contributed by atoms with Gasteiger partial charge in [-0.1, -0.05) is 6.92 Å². The molecule has 4 heteroatoms. The smallest absolute Gasteiger partial charge is 0.128 e. The first kappa shape index (κ1) is 15.3. The number of rotatable bonds is 7. The molecule has 1 atom stereocenters. The highest BCUT2D eigenvalue weighted by atomic mass is 32.2. The zero-order valence-electron chi connectivity index (χ0n) is 11.8. The number of methoxy groups -OCH3 is 1. The van der Waals surface area contributed by atoms with Crippen LogP contribution in [0.25, 0.3) is 0 Å². The van der Waals surface area contributed by atoms with Crippen LogP contribution in [0.1, 0.15) is 30.2 Å². The standard InChI is InChI=1S/C14H24N2OS/c1-5-6-18-9-12(15)7-13-11(3)14(17-4)10(2)8-16-13/h8,12H,5-7,9,15H2,1-4H3. The van der Waals surface area contributed by atoms with Crippen LogP contribution in [0.15, 0.2) is 6.20 Å². The van der Waals surface area contributed by atoms with Crippen molar-refractivity contribution in [2.45, 2.75) is 39.7 Å². The highest BCUT2D eigenvalue weighted by Crippen LogP contribution is 2.24. The van der Waals surface area contributed by atoms with Gasteiger partial charge in [0.05, 0.1) is 7.11 Å². The summed E-state index contributed by atoms with van der Waals surface area (Å²) in [5.41, 5.74) is 9.40. The van der Waals surface area contributed by atoms with Crippen molar-refractivity contribution in [3.8, 4) is 5.75 Å². The molecule has 1 aromatic rings. The van der Waals surface area contributed by atoms with Crippen molar-refractivity contribution in [1.82, 2.24) is 4.98 Å². The molecule has 0 spiro atoms. The molecule has 0 saturated heterocycles. The molecule has 18 heavy (non-hydrogen) atoms. The summed E-state index contributed by atoms with van der Waals surface area (Å²) in [4.78, 5) is 4.49. The van der Waals surface area contributed by atoms with Gasteiger partial charge in [-0.15, -0.1) is 0 Å². The third kappa shape index (κ3) is 4.18. The molecular weight excluding hydrogens is 244 g/mol. The third-order valence-electron chi connectivity index (χ3n) is 2.89. The zero-order chi connectivity index (χ0) is 13.5. The number of aryl methyl sites for hydroxylation is 1. The Kier molecular flexibility index (Phi) is 6.50. The molecule has 0 bridgehead atoms. The van der Waals surface area contributed by atoms with E-state index in [0.717, 1.165) is 34.7 Å². The Morgan fingerprint density at radius 3 is 2.78 bits per heavy atom. The van der Waals surface area contributed by atoms with Crippen molar-refractivity contribution >= 4 is 11.8 Å². The lowest BCUT2D eigenvalue weighted by molar-refractivity contribution is 0.406. The molecule has 0 amide bonds. The SMILES string of the molecule is CCCSCC(N)Cc1ncc(C)c(OC)c1C. The van der Waals surface area contributed by atoms with Gasteiger partial charge in [-0.3, -0.25) is 4.98 Å². The summed E-state index contributed by atoms with van der Waals surface area (Å²) in [6, 6.07) is 0.167. The molecule has 0 aliphatic rings. The molecule has 2 N–H and O–H groups in total. The molecule has 0 radical (unpaired) electrons. The number of ether oxygens (including phenoxy) is 1. The molecule has 1 rings (SSSR count). The van der Waals surface area contributed by atoms with Crippen molar-refractivity contribution in [2.24, 2.45) is 5.73 Å². The first-order chi connectivity index (χ1) is 8.60. The fourth-order valence-electron chi connectivity index (χ4n) is 1.96. The molecule has 0 aliphatic carbocycles. The lowest BCUT2D eigenvalue weighted by atomic mass is 10.1. The van der Waals surface area contributed by atoms with E-state index < -0.39 is 0 Å². The van der Waals surface area contributed by atoms with E-state index in [4.69, 9.17) is 10.5 Å². The van der Waals surface area contributed by atoms with Crippen LogP contribution in [-0.4, -0.2) is 29.6 Å². The second kappa shape index (κ2) is 7.64. The minimum atomic E-state index is 0.167. The van der Waals surface area contributed by atoms with E-state index in [-0.39, 0.29) is 6.04 Å². The lowest BCUT2D eigenvalue weighted by Crippen LogP contribution is -2.26. The van der Waals surface area contributed by atoms with E-state index in [1.54, 1.807) is 7.11 Å². The quantitative estimate of drug-likeness (QED) is 0.772. The van der Waals surface area contributed by atoms with Crippen LogP contribution in [0, 0.1) is 13.8 Å². The van der Waals surface area contributed by atoms with Gasteiger partial charge >= 0.3 is 0 Å². The van der Waals surface area contributed by atoms with Gasteiger partial charge in [-0.2, -0.15) is 11.8 Å². The van der Waals surface area contributed by atoms with Crippen LogP contribution in [-0.2, 0) is 6.42 Å². The van der Waals surface area contributed by atoms with E-state index in [9.17, 15) is 0 Å². The van der Waals surface area contributed by atoms with E-state index >= 15 is 0 Å². The largest absolute Gasteiger partial charge is 0.496 e. The Morgan fingerprint density at radius 1 is 1.44 bits per heavy atom. The summed E-state index contributed by atoms with van der Waals surface area (Å²) in [5.74, 6) is 3.11. The molecule has 1 heterocycles. The van der Waals surface area contributed by atoms with E-state index in [0.29, 0.717) is 0 Å². The topological polar surface area (TPSA) is 48.1 Å². The maximum atomic E-state index is 6.14. The van der Waals surface area contributed by atoms with Gasteiger partial charge in [0, 0.05) is 41.2 Å². The number of nitrogens with zero attached hydrogens (tertiary/aromatic N) is 1. The number of thioether (sulfide) groups is 1. The minimum Gasteiger partial charge on any atom is -0.496 e. The maximum absolute atomic E-state index is 6.14. The van der Waals surface area contributed by atoms with E-state index in [1.165, 1.54) is 12.2 Å². The predicted molar refractivity (Wildman–Crippen MR) is 79.6 cm³/mol. The monoisotopic (exact) mass is 268 g/mol. The summed E-state index contributed by atoms with van der Waals surface area (Å²) in [6.07, 6.45) is 3.89. The average molecular weight is 268 g/mol. The minimum absolute atomic E-state index is 0.167. The van der Waals surface area contributed by atoms with Gasteiger partial charge in [-0.25, -0.2) is 0 Å². The first-order valence-corrected chi connectivity index (χ1v) is 7.58. The lowest BCUT2D eigenvalue weighted by Gasteiger charge is -2.15. The summed E-state index contributed by atoms with van der Waals surface area (Å²) in [7, 11) is 1.70. The number of hydrogen-bond donors (Lipinski definition) is 1. The Bertz CT molecular complexity index is 382. The second-order valence-electron chi connectivity index (χ2n) is 4.59. The number of aromatic nitrogens is 1. The van der Waals surface area contributed by atoms with Crippen LogP contribution >= 0.6 is 11.8 Å². The summed E-state index contributed by atoms with van der Waals surface area (Å²) in [5, 5.41) is 0. The van der Waals surface area contributed by atoms with Crippen LogP contribution in [0.2, 0.25) is 0 Å². The predicted octanol–water partition coefficient (Wildman–Crippen LogP) is 2.72. The normalized spacial score (nSPS) is 12.5. The second-order valence-corrected chi connectivity index (χ2v) is 5.74. The molecule has 1 unspecified atom stereocenters. The fraction of sp³-hybridized carbons (Fsp3) is 0.643. The molecule has 0 aromatic carbocycles. The summed E-state index contributed by atoms with van der Waals surface area (Å²) in [6.45, 7) is 6.26. The first-order valence-electron chi connectivity index (χ1n) is 6.42. The average Bonchev–Trinajstić information content (AvgIpc) is 2.34. The van der Waals surface area contributed by atoms with Crippen molar-refractivity contribution in [3.63, 3.8) is 0 Å². The van der Waals surface area contributed by atoms with Crippen molar-refractivity contribution in [3.05, 3.63) is 23.0 Å². The number of pyridine rings is 1. The molecule has 3 nitrogen and oxygen atoms in total. The van der Waals surface area contributed by atoms with Crippen LogP contribution < -0.4 is 10.5 Å². The van der Waals surface area contributed by atoms with Crippen molar-refractivity contribution < 1.29 is 4.74 Å². The zero-order valence-corrected chi connectivity index (χ0v) is 12.6. The van der Waals surface area contributed by atoms with E-state index in [1.807, 2.05) is 24.9 Å². The molecule has 1 aromatic heterocycles. The van der Waals surface area contributed by atoms with E-state index in [2.05, 4.69) is 18.8 Å². The van der Waals surface area contributed by atoms with Crippen LogP contribution in [0.5, 0.6) is 5.75 Å². The Morgan fingerprint density at radius 2 is 2.17 bits per heavy atom. The van der Waals surface area contributed by atoms with Gasteiger partial charge in [0.2, 0.25) is 0 Å². The van der Waals surface area contributed by atoms with Crippen molar-refractivity contribution in [1.29, 1.82) is 0 Å².